The third-order valence-electron chi connectivity index (χ3n) is 4.38. The lowest BCUT2D eigenvalue weighted by molar-refractivity contribution is 0.805. The first-order chi connectivity index (χ1) is 9.92. The van der Waals surface area contributed by atoms with Crippen LogP contribution in [0.2, 0.25) is 0 Å². The lowest BCUT2D eigenvalue weighted by Gasteiger charge is -2.15. The number of hydrogen-bond acceptors (Lipinski definition) is 2. The third-order valence-corrected chi connectivity index (χ3v) is 5.59. The van der Waals surface area contributed by atoms with E-state index >= 15 is 0 Å². The Morgan fingerprint density at radius 2 is 1.80 bits per heavy atom. The summed E-state index contributed by atoms with van der Waals surface area (Å²) in [5.74, 6) is 0.490. The van der Waals surface area contributed by atoms with E-state index in [0.29, 0.717) is 12.0 Å². The van der Waals surface area contributed by atoms with Crippen LogP contribution >= 0.6 is 11.3 Å². The molecule has 2 heterocycles. The molecule has 0 amide bonds. The van der Waals surface area contributed by atoms with Crippen molar-refractivity contribution in [2.45, 2.75) is 12.0 Å². The molecule has 96 valence electrons. The van der Waals surface area contributed by atoms with Crippen molar-refractivity contribution >= 4 is 37.2 Å². The minimum absolute atomic E-state index is 0.422. The van der Waals surface area contributed by atoms with Gasteiger partial charge in [0.15, 0.2) is 0 Å². The molecule has 0 fully saturated rings. The van der Waals surface area contributed by atoms with Crippen molar-refractivity contribution in [2.75, 3.05) is 5.32 Å². The van der Waals surface area contributed by atoms with Crippen LogP contribution in [-0.2, 0) is 0 Å². The van der Waals surface area contributed by atoms with E-state index in [-0.39, 0.29) is 0 Å². The molecule has 1 N–H and O–H groups in total. The summed E-state index contributed by atoms with van der Waals surface area (Å²) in [4.78, 5) is 0. The minimum atomic E-state index is 0.422. The Labute approximate surface area is 121 Å². The summed E-state index contributed by atoms with van der Waals surface area (Å²) in [6.45, 7) is 0. The van der Waals surface area contributed by atoms with Crippen molar-refractivity contribution in [3.8, 4) is 0 Å². The number of thiophene rings is 1. The minimum Gasteiger partial charge on any atom is -0.376 e. The molecule has 1 nitrogen and oxygen atoms in total. The van der Waals surface area contributed by atoms with Crippen LogP contribution in [0, 0.1) is 0 Å². The number of benzene rings is 2. The summed E-state index contributed by atoms with van der Waals surface area (Å²) in [6.07, 6.45) is 8.88. The maximum Gasteiger partial charge on any atom is 0.0590 e. The third kappa shape index (κ3) is 1.27. The second-order valence-corrected chi connectivity index (χ2v) is 6.52. The maximum atomic E-state index is 3.71. The highest BCUT2D eigenvalue weighted by Gasteiger charge is 2.31. The van der Waals surface area contributed by atoms with Crippen molar-refractivity contribution < 1.29 is 0 Å². The van der Waals surface area contributed by atoms with Crippen LogP contribution in [0.3, 0.4) is 0 Å². The van der Waals surface area contributed by atoms with Crippen LogP contribution in [0.1, 0.15) is 11.5 Å². The lowest BCUT2D eigenvalue weighted by Crippen LogP contribution is -2.17. The number of fused-ring (bicyclic) bond motifs is 7. The van der Waals surface area contributed by atoms with Gasteiger partial charge in [-0.25, -0.2) is 0 Å². The van der Waals surface area contributed by atoms with E-state index in [9.17, 15) is 0 Å². The van der Waals surface area contributed by atoms with Crippen molar-refractivity contribution in [1.29, 1.82) is 0 Å². The van der Waals surface area contributed by atoms with Gasteiger partial charge in [0.2, 0.25) is 0 Å². The van der Waals surface area contributed by atoms with Gasteiger partial charge in [0.1, 0.15) is 0 Å². The monoisotopic (exact) mass is 275 g/mol. The molecule has 2 aromatic carbocycles. The van der Waals surface area contributed by atoms with E-state index in [1.807, 2.05) is 11.3 Å². The summed E-state index contributed by atoms with van der Waals surface area (Å²) in [5, 5.41) is 6.46. The molecule has 0 saturated carbocycles. The molecule has 2 aliphatic rings. The molecule has 2 heteroatoms. The molecule has 1 aliphatic carbocycles. The van der Waals surface area contributed by atoms with Gasteiger partial charge in [-0.1, -0.05) is 54.6 Å². The van der Waals surface area contributed by atoms with E-state index in [1.165, 1.54) is 31.4 Å². The summed E-state index contributed by atoms with van der Waals surface area (Å²) < 4.78 is 2.78. The van der Waals surface area contributed by atoms with Gasteiger partial charge in [0, 0.05) is 21.4 Å². The van der Waals surface area contributed by atoms with Crippen molar-refractivity contribution in [2.24, 2.45) is 0 Å². The second-order valence-electron chi connectivity index (χ2n) is 5.47. The first kappa shape index (κ1) is 10.7. The Kier molecular flexibility index (Phi) is 2.00. The normalized spacial score (nSPS) is 23.0. The fourth-order valence-corrected chi connectivity index (χ4v) is 4.66. The summed E-state index contributed by atoms with van der Waals surface area (Å²) in [6, 6.07) is 13.7. The number of nitrogens with one attached hydrogen (secondary N) is 1. The number of allylic oxidation sites excluding steroid dienone is 2. The van der Waals surface area contributed by atoms with Crippen LogP contribution in [0.4, 0.5) is 5.69 Å². The number of hydrogen-bond donors (Lipinski definition) is 1. The average Bonchev–Trinajstić information content (AvgIpc) is 3.05. The number of rotatable bonds is 0. The zero-order chi connectivity index (χ0) is 13.1. The fourth-order valence-electron chi connectivity index (χ4n) is 3.44. The summed E-state index contributed by atoms with van der Waals surface area (Å²) in [7, 11) is 0. The van der Waals surface area contributed by atoms with E-state index < -0.39 is 0 Å². The van der Waals surface area contributed by atoms with Gasteiger partial charge >= 0.3 is 0 Å². The zero-order valence-corrected chi connectivity index (χ0v) is 11.7. The Morgan fingerprint density at radius 1 is 0.900 bits per heavy atom. The van der Waals surface area contributed by atoms with Gasteiger partial charge in [0.05, 0.1) is 16.4 Å². The first-order valence-corrected chi connectivity index (χ1v) is 7.79. The Morgan fingerprint density at radius 3 is 2.80 bits per heavy atom. The summed E-state index contributed by atoms with van der Waals surface area (Å²) >= 11 is 1.90. The lowest BCUT2D eigenvalue weighted by atomic mass is 9.91. The van der Waals surface area contributed by atoms with Gasteiger partial charge in [-0.3, -0.25) is 0 Å². The Balaban J connectivity index is 1.86. The van der Waals surface area contributed by atoms with Gasteiger partial charge in [0.25, 0.3) is 0 Å². The van der Waals surface area contributed by atoms with E-state index in [4.69, 9.17) is 0 Å². The highest BCUT2D eigenvalue weighted by molar-refractivity contribution is 7.26. The first-order valence-electron chi connectivity index (χ1n) is 6.97. The van der Waals surface area contributed by atoms with Gasteiger partial charge < -0.3 is 5.32 Å². The van der Waals surface area contributed by atoms with E-state index in [2.05, 4.69) is 66.0 Å². The van der Waals surface area contributed by atoms with Crippen LogP contribution in [-0.4, -0.2) is 6.04 Å². The van der Waals surface area contributed by atoms with Crippen LogP contribution in [0.15, 0.2) is 60.7 Å². The molecule has 5 rings (SSSR count). The van der Waals surface area contributed by atoms with Crippen LogP contribution in [0.25, 0.3) is 20.2 Å². The molecule has 0 saturated heterocycles. The molecular weight excluding hydrogens is 262 g/mol. The highest BCUT2D eigenvalue weighted by atomic mass is 32.1. The van der Waals surface area contributed by atoms with Crippen molar-refractivity contribution in [1.82, 2.24) is 0 Å². The molecule has 0 radical (unpaired) electrons. The second kappa shape index (κ2) is 3.74. The molecule has 1 aliphatic heterocycles. The maximum absolute atomic E-state index is 3.71. The van der Waals surface area contributed by atoms with Crippen molar-refractivity contribution in [3.05, 3.63) is 66.3 Å². The fraction of sp³-hybridized carbons (Fsp3) is 0.111. The van der Waals surface area contributed by atoms with Crippen LogP contribution < -0.4 is 5.32 Å². The quantitative estimate of drug-likeness (QED) is 0.605. The molecule has 0 bridgehead atoms. The topological polar surface area (TPSA) is 12.0 Å². The van der Waals surface area contributed by atoms with Gasteiger partial charge in [-0.2, -0.15) is 0 Å². The molecule has 0 spiro atoms. The number of anilines is 1. The molecular formula is C18H13NS. The van der Waals surface area contributed by atoms with E-state index in [0.717, 1.165) is 0 Å². The molecule has 2 unspecified atom stereocenters. The molecule has 20 heavy (non-hydrogen) atoms. The SMILES string of the molecule is C1=CC2Nc3c(ccc4c3sc3ccccc34)C2C=C1. The molecule has 3 aromatic rings. The zero-order valence-electron chi connectivity index (χ0n) is 10.8. The highest BCUT2D eigenvalue weighted by Crippen LogP contribution is 2.47. The molecule has 1 aromatic heterocycles. The predicted octanol–water partition coefficient (Wildman–Crippen LogP) is 5.06. The van der Waals surface area contributed by atoms with Crippen molar-refractivity contribution in [3.63, 3.8) is 0 Å². The smallest absolute Gasteiger partial charge is 0.0590 e. The van der Waals surface area contributed by atoms with Gasteiger partial charge in [-0.15, -0.1) is 11.3 Å². The van der Waals surface area contributed by atoms with E-state index in [1.54, 1.807) is 0 Å². The van der Waals surface area contributed by atoms with Crippen LogP contribution in [0.5, 0.6) is 0 Å². The predicted molar refractivity (Wildman–Crippen MR) is 87.8 cm³/mol. The standard InChI is InChI=1S/C18H13NS/c1-3-7-15-11(5-1)13-9-10-14-12-6-2-4-8-16(12)20-18(14)17(13)19-15/h1-11,15,19H. The largest absolute Gasteiger partial charge is 0.376 e. The average molecular weight is 275 g/mol. The molecule has 2 atom stereocenters. The summed E-state index contributed by atoms with van der Waals surface area (Å²) in [5.41, 5.74) is 2.78. The van der Waals surface area contributed by atoms with Gasteiger partial charge in [-0.05, 0) is 11.6 Å². The Hall–Kier alpha value is -2.06. The Bertz CT molecular complexity index is 900.